The summed E-state index contributed by atoms with van der Waals surface area (Å²) in [7, 11) is 4.95. The summed E-state index contributed by atoms with van der Waals surface area (Å²) in [5.41, 5.74) is 2.62. The van der Waals surface area contributed by atoms with Gasteiger partial charge < -0.3 is 24.0 Å². The largest absolute Gasteiger partial charge is 0.493 e. The highest BCUT2D eigenvalue weighted by Gasteiger charge is 2.31. The van der Waals surface area contributed by atoms with Crippen molar-refractivity contribution in [3.63, 3.8) is 0 Å². The number of carbonyl (C=O) groups is 2. The number of aryl methyl sites for hydroxylation is 1. The second-order valence-electron chi connectivity index (χ2n) is 8.73. The number of benzene rings is 1. The van der Waals surface area contributed by atoms with Gasteiger partial charge in [0.1, 0.15) is 0 Å². The van der Waals surface area contributed by atoms with Gasteiger partial charge in [-0.05, 0) is 29.3 Å². The van der Waals surface area contributed by atoms with E-state index in [1.165, 1.54) is 0 Å². The Balaban J connectivity index is 1.50. The van der Waals surface area contributed by atoms with Crippen molar-refractivity contribution in [1.82, 2.24) is 24.6 Å². The average Bonchev–Trinajstić information content (AvgIpc) is 3.23. The van der Waals surface area contributed by atoms with E-state index in [1.807, 2.05) is 31.4 Å². The molecule has 0 radical (unpaired) electrons. The van der Waals surface area contributed by atoms with Crippen LogP contribution in [-0.4, -0.2) is 76.3 Å². The van der Waals surface area contributed by atoms with Crippen molar-refractivity contribution in [2.75, 3.05) is 33.9 Å². The number of pyridine rings is 1. The lowest BCUT2D eigenvalue weighted by Gasteiger charge is -2.24. The van der Waals surface area contributed by atoms with Crippen LogP contribution in [-0.2, 0) is 40.9 Å². The number of hydrogen-bond donors (Lipinski definition) is 0. The van der Waals surface area contributed by atoms with E-state index in [2.05, 4.69) is 10.1 Å². The molecular weight excluding hydrogens is 462 g/mol. The molecule has 2 aromatic heterocycles. The molecule has 36 heavy (non-hydrogen) atoms. The zero-order chi connectivity index (χ0) is 25.5. The summed E-state index contributed by atoms with van der Waals surface area (Å²) in [4.78, 5) is 34.0. The minimum Gasteiger partial charge on any atom is -0.493 e. The molecule has 0 spiro atoms. The lowest BCUT2D eigenvalue weighted by molar-refractivity contribution is -0.138. The first kappa shape index (κ1) is 25.2. The minimum absolute atomic E-state index is 0.0147. The molecule has 1 atom stereocenters. The fraction of sp³-hybridized carbons (Fsp3) is 0.385. The van der Waals surface area contributed by atoms with Crippen LogP contribution in [0.2, 0.25) is 0 Å². The molecule has 4 rings (SSSR count). The zero-order valence-electron chi connectivity index (χ0n) is 20.8. The minimum atomic E-state index is -0.359. The van der Waals surface area contributed by atoms with Crippen LogP contribution in [0, 0.1) is 0 Å². The van der Waals surface area contributed by atoms with Crippen LogP contribution >= 0.6 is 0 Å². The van der Waals surface area contributed by atoms with Gasteiger partial charge in [-0.2, -0.15) is 5.10 Å². The SMILES string of the molecule is COc1ccc(CC(=O)N2CC(=O)N(Cc3cnn(C)c3)CC(OCc3cccnc3)C2)cc1OC. The van der Waals surface area contributed by atoms with Gasteiger partial charge in [0, 0.05) is 50.8 Å². The fourth-order valence-corrected chi connectivity index (χ4v) is 4.18. The number of amides is 2. The maximum atomic E-state index is 13.3. The molecule has 1 unspecified atom stereocenters. The molecule has 2 amide bonds. The Hall–Kier alpha value is -3.92. The van der Waals surface area contributed by atoms with Gasteiger partial charge in [-0.3, -0.25) is 19.3 Å². The number of methoxy groups -OCH3 is 2. The Bertz CT molecular complexity index is 1180. The summed E-state index contributed by atoms with van der Waals surface area (Å²) in [6.45, 7) is 1.40. The van der Waals surface area contributed by atoms with Gasteiger partial charge in [-0.25, -0.2) is 0 Å². The number of carbonyl (C=O) groups excluding carboxylic acids is 2. The first-order chi connectivity index (χ1) is 17.4. The van der Waals surface area contributed by atoms with Crippen molar-refractivity contribution < 1.29 is 23.8 Å². The fourth-order valence-electron chi connectivity index (χ4n) is 4.18. The van der Waals surface area contributed by atoms with Crippen LogP contribution in [0.5, 0.6) is 11.5 Å². The molecule has 190 valence electrons. The van der Waals surface area contributed by atoms with Crippen molar-refractivity contribution in [2.24, 2.45) is 7.05 Å². The van der Waals surface area contributed by atoms with Gasteiger partial charge in [0.2, 0.25) is 11.8 Å². The van der Waals surface area contributed by atoms with Gasteiger partial charge >= 0.3 is 0 Å². The molecule has 1 aliphatic rings. The topological polar surface area (TPSA) is 99.0 Å². The Labute approximate surface area is 210 Å². The van der Waals surface area contributed by atoms with E-state index >= 15 is 0 Å². The lowest BCUT2D eigenvalue weighted by Crippen LogP contribution is -2.40. The second-order valence-corrected chi connectivity index (χ2v) is 8.73. The monoisotopic (exact) mass is 493 g/mol. The lowest BCUT2D eigenvalue weighted by atomic mass is 10.1. The number of hydrogen-bond acceptors (Lipinski definition) is 7. The van der Waals surface area contributed by atoms with Crippen LogP contribution in [0.3, 0.4) is 0 Å². The molecule has 3 heterocycles. The molecule has 3 aromatic rings. The molecule has 0 saturated carbocycles. The van der Waals surface area contributed by atoms with E-state index in [9.17, 15) is 9.59 Å². The average molecular weight is 494 g/mol. The quantitative estimate of drug-likeness (QED) is 0.448. The molecule has 1 fully saturated rings. The van der Waals surface area contributed by atoms with E-state index in [1.54, 1.807) is 59.4 Å². The summed E-state index contributed by atoms with van der Waals surface area (Å²) >= 11 is 0. The summed E-state index contributed by atoms with van der Waals surface area (Å²) in [5.74, 6) is 0.851. The number of rotatable bonds is 9. The molecule has 1 saturated heterocycles. The third-order valence-corrected chi connectivity index (χ3v) is 6.02. The van der Waals surface area contributed by atoms with Gasteiger partial charge in [0.05, 0.1) is 46.1 Å². The molecule has 1 aromatic carbocycles. The maximum Gasteiger partial charge on any atom is 0.242 e. The first-order valence-electron chi connectivity index (χ1n) is 11.7. The summed E-state index contributed by atoms with van der Waals surface area (Å²) in [6.07, 6.45) is 6.84. The smallest absolute Gasteiger partial charge is 0.242 e. The van der Waals surface area contributed by atoms with Crippen LogP contribution in [0.4, 0.5) is 0 Å². The highest BCUT2D eigenvalue weighted by atomic mass is 16.5. The van der Waals surface area contributed by atoms with Gasteiger partial charge in [-0.15, -0.1) is 0 Å². The van der Waals surface area contributed by atoms with Crippen molar-refractivity contribution in [3.05, 3.63) is 71.8 Å². The highest BCUT2D eigenvalue weighted by molar-refractivity contribution is 5.86. The van der Waals surface area contributed by atoms with E-state index in [0.29, 0.717) is 37.7 Å². The Morgan fingerprint density at radius 1 is 1.06 bits per heavy atom. The van der Waals surface area contributed by atoms with E-state index in [0.717, 1.165) is 16.7 Å². The number of aromatic nitrogens is 3. The summed E-state index contributed by atoms with van der Waals surface area (Å²) < 4.78 is 18.5. The molecular formula is C26H31N5O5. The third kappa shape index (κ3) is 6.39. The van der Waals surface area contributed by atoms with Crippen LogP contribution in [0.25, 0.3) is 0 Å². The van der Waals surface area contributed by atoms with Crippen molar-refractivity contribution in [1.29, 1.82) is 0 Å². The third-order valence-electron chi connectivity index (χ3n) is 6.02. The predicted molar refractivity (Wildman–Crippen MR) is 131 cm³/mol. The molecule has 0 bridgehead atoms. The van der Waals surface area contributed by atoms with E-state index in [-0.39, 0.29) is 30.9 Å². The Morgan fingerprint density at radius 2 is 1.89 bits per heavy atom. The molecule has 10 nitrogen and oxygen atoms in total. The Kier molecular flexibility index (Phi) is 8.17. The highest BCUT2D eigenvalue weighted by Crippen LogP contribution is 2.28. The van der Waals surface area contributed by atoms with Gasteiger partial charge in [0.25, 0.3) is 0 Å². The molecule has 1 aliphatic heterocycles. The normalized spacial score (nSPS) is 16.1. The number of nitrogens with zero attached hydrogens (tertiary/aromatic N) is 5. The Morgan fingerprint density at radius 3 is 2.58 bits per heavy atom. The van der Waals surface area contributed by atoms with Crippen LogP contribution in [0.15, 0.2) is 55.1 Å². The van der Waals surface area contributed by atoms with Crippen molar-refractivity contribution >= 4 is 11.8 Å². The molecule has 0 N–H and O–H groups in total. The van der Waals surface area contributed by atoms with Crippen LogP contribution in [0.1, 0.15) is 16.7 Å². The number of ether oxygens (including phenoxy) is 3. The second kappa shape index (κ2) is 11.7. The first-order valence-corrected chi connectivity index (χ1v) is 11.7. The maximum absolute atomic E-state index is 13.3. The van der Waals surface area contributed by atoms with Gasteiger partial charge in [-0.1, -0.05) is 12.1 Å². The standard InChI is InChI=1S/C26H31N5O5/c1-29-13-21(12-28-29)14-30-15-22(36-18-20-5-4-8-27-11-20)16-31(17-26(30)33)25(32)10-19-6-7-23(34-2)24(9-19)35-3/h4-9,11-13,22H,10,14-18H2,1-3H3. The summed E-state index contributed by atoms with van der Waals surface area (Å²) in [6, 6.07) is 9.15. The van der Waals surface area contributed by atoms with Crippen LogP contribution < -0.4 is 9.47 Å². The molecule has 0 aliphatic carbocycles. The van der Waals surface area contributed by atoms with Gasteiger partial charge in [0.15, 0.2) is 11.5 Å². The summed E-state index contributed by atoms with van der Waals surface area (Å²) in [5, 5.41) is 4.20. The van der Waals surface area contributed by atoms with Crippen molar-refractivity contribution in [2.45, 2.75) is 25.7 Å². The van der Waals surface area contributed by atoms with E-state index in [4.69, 9.17) is 14.2 Å². The van der Waals surface area contributed by atoms with E-state index < -0.39 is 0 Å². The van der Waals surface area contributed by atoms with Crippen molar-refractivity contribution in [3.8, 4) is 11.5 Å². The zero-order valence-corrected chi connectivity index (χ0v) is 20.8. The predicted octanol–water partition coefficient (Wildman–Crippen LogP) is 1.83. The molecule has 10 heteroatoms.